The fourth-order valence-corrected chi connectivity index (χ4v) is 4.80. The highest BCUT2D eigenvalue weighted by atomic mass is 35.5. The molecule has 1 amide bonds. The summed E-state index contributed by atoms with van der Waals surface area (Å²) in [5.74, 6) is 0.540. The van der Waals surface area contributed by atoms with E-state index in [9.17, 15) is 9.59 Å². The van der Waals surface area contributed by atoms with Crippen LogP contribution in [0.5, 0.6) is 0 Å². The van der Waals surface area contributed by atoms with Gasteiger partial charge in [-0.3, -0.25) is 4.79 Å². The van der Waals surface area contributed by atoms with E-state index in [0.29, 0.717) is 58.6 Å². The van der Waals surface area contributed by atoms with Crippen LogP contribution in [0, 0.1) is 0 Å². The van der Waals surface area contributed by atoms with Crippen LogP contribution >= 0.6 is 23.2 Å². The molecule has 36 heavy (non-hydrogen) atoms. The Morgan fingerprint density at radius 3 is 2.50 bits per heavy atom. The summed E-state index contributed by atoms with van der Waals surface area (Å²) < 4.78 is 12.6. The maximum absolute atomic E-state index is 12.6. The third-order valence-electron chi connectivity index (χ3n) is 5.88. The van der Waals surface area contributed by atoms with Crippen LogP contribution in [0.15, 0.2) is 39.8 Å². The van der Waals surface area contributed by atoms with E-state index in [0.717, 1.165) is 5.69 Å². The number of benzene rings is 1. The molecule has 12 heteroatoms. The zero-order valence-electron chi connectivity index (χ0n) is 19.9. The number of piperidine rings is 1. The van der Waals surface area contributed by atoms with Crippen molar-refractivity contribution in [2.24, 2.45) is 0 Å². The molecule has 1 N–H and O–H groups in total. The minimum absolute atomic E-state index is 0.0353. The number of H-pyrrole nitrogens is 1. The first kappa shape index (κ1) is 24.3. The average molecular weight is 531 g/mol. The Morgan fingerprint density at radius 2 is 1.83 bits per heavy atom. The van der Waals surface area contributed by atoms with Gasteiger partial charge in [0.15, 0.2) is 0 Å². The lowest BCUT2D eigenvalue weighted by Crippen LogP contribution is -2.41. The maximum atomic E-state index is 12.6. The summed E-state index contributed by atoms with van der Waals surface area (Å²) in [6.07, 6.45) is 2.60. The van der Waals surface area contributed by atoms with Gasteiger partial charge >= 0.3 is 6.09 Å². The van der Waals surface area contributed by atoms with Crippen molar-refractivity contribution in [1.29, 1.82) is 0 Å². The van der Waals surface area contributed by atoms with Crippen LogP contribution in [0.25, 0.3) is 28.5 Å². The Balaban J connectivity index is 1.41. The Labute approximate surface area is 216 Å². The Hall–Kier alpha value is -3.37. The Kier molecular flexibility index (Phi) is 6.25. The monoisotopic (exact) mass is 530 g/mol. The predicted molar refractivity (Wildman–Crippen MR) is 134 cm³/mol. The normalized spacial score (nSPS) is 15.0. The van der Waals surface area contributed by atoms with Crippen molar-refractivity contribution in [2.45, 2.75) is 45.1 Å². The van der Waals surface area contributed by atoms with E-state index >= 15 is 0 Å². The number of likely N-dealkylation sites (tertiary alicyclic amines) is 1. The Morgan fingerprint density at radius 1 is 1.14 bits per heavy atom. The average Bonchev–Trinajstić information content (AvgIpc) is 3.44. The van der Waals surface area contributed by atoms with Gasteiger partial charge in [0.25, 0.3) is 11.4 Å². The number of ether oxygens (including phenoxy) is 1. The molecule has 0 spiro atoms. The molecule has 1 fully saturated rings. The molecule has 0 radical (unpaired) electrons. The van der Waals surface area contributed by atoms with Crippen molar-refractivity contribution >= 4 is 34.9 Å². The third-order valence-corrected chi connectivity index (χ3v) is 6.31. The molecule has 10 nitrogen and oxygen atoms in total. The summed E-state index contributed by atoms with van der Waals surface area (Å²) in [4.78, 5) is 34.0. The molecule has 1 aliphatic rings. The molecular formula is C24H24Cl2N6O4. The lowest BCUT2D eigenvalue weighted by Gasteiger charge is -2.33. The van der Waals surface area contributed by atoms with E-state index in [1.807, 2.05) is 20.8 Å². The number of nitrogens with one attached hydrogen (secondary N) is 1. The number of hydrogen-bond donors (Lipinski definition) is 1. The predicted octanol–water partition coefficient (Wildman–Crippen LogP) is 5.16. The highest BCUT2D eigenvalue weighted by Gasteiger charge is 2.29. The van der Waals surface area contributed by atoms with E-state index in [1.165, 1.54) is 0 Å². The summed E-state index contributed by atoms with van der Waals surface area (Å²) in [7, 11) is 0. The fraction of sp³-hybridized carbons (Fsp3) is 0.375. The van der Waals surface area contributed by atoms with Gasteiger partial charge in [-0.2, -0.15) is 10.1 Å². The number of amides is 1. The Bertz CT molecular complexity index is 1470. The minimum Gasteiger partial charge on any atom is -0.444 e. The van der Waals surface area contributed by atoms with E-state index in [2.05, 4.69) is 20.2 Å². The summed E-state index contributed by atoms with van der Waals surface area (Å²) in [6, 6.07) is 6.53. The molecule has 0 unspecified atom stereocenters. The van der Waals surface area contributed by atoms with Crippen LogP contribution < -0.4 is 5.56 Å². The zero-order chi connectivity index (χ0) is 25.6. The van der Waals surface area contributed by atoms with Crippen molar-refractivity contribution in [3.63, 3.8) is 0 Å². The van der Waals surface area contributed by atoms with Crippen molar-refractivity contribution < 1.29 is 14.1 Å². The smallest absolute Gasteiger partial charge is 0.410 e. The molecule has 0 saturated carbocycles. The van der Waals surface area contributed by atoms with Crippen molar-refractivity contribution in [1.82, 2.24) is 29.6 Å². The number of fused-ring (bicyclic) bond motifs is 1. The van der Waals surface area contributed by atoms with Crippen molar-refractivity contribution in [3.05, 3.63) is 56.6 Å². The summed E-state index contributed by atoms with van der Waals surface area (Å²) in [5, 5.41) is 9.43. The highest BCUT2D eigenvalue weighted by Crippen LogP contribution is 2.31. The molecule has 0 bridgehead atoms. The number of carbonyl (C=O) groups excluding carboxylic acids is 1. The van der Waals surface area contributed by atoms with Gasteiger partial charge < -0.3 is 19.1 Å². The number of hydrogen-bond acceptors (Lipinski definition) is 7. The van der Waals surface area contributed by atoms with Gasteiger partial charge in [0.1, 0.15) is 16.8 Å². The molecule has 1 aromatic carbocycles. The number of carbonyl (C=O) groups is 1. The van der Waals surface area contributed by atoms with Crippen molar-refractivity contribution in [2.75, 3.05) is 13.1 Å². The van der Waals surface area contributed by atoms with E-state index in [-0.39, 0.29) is 23.5 Å². The van der Waals surface area contributed by atoms with Gasteiger partial charge in [-0.1, -0.05) is 28.4 Å². The topological polar surface area (TPSA) is 119 Å². The highest BCUT2D eigenvalue weighted by molar-refractivity contribution is 6.35. The van der Waals surface area contributed by atoms with Crippen LogP contribution in [0.4, 0.5) is 4.79 Å². The lowest BCUT2D eigenvalue weighted by molar-refractivity contribution is 0.0203. The molecule has 4 heterocycles. The SMILES string of the molecule is CC(C)(C)OC(=O)N1CCC(c2cc(=O)[nH]c3c(-c4nc(-c5cc(Cl)cc(Cl)c5)no4)cnn23)CC1. The largest absolute Gasteiger partial charge is 0.444 e. The molecular weight excluding hydrogens is 507 g/mol. The number of rotatable bonds is 3. The van der Waals surface area contributed by atoms with Gasteiger partial charge in [0.05, 0.1) is 11.9 Å². The molecule has 1 saturated heterocycles. The lowest BCUT2D eigenvalue weighted by atomic mass is 9.93. The first-order valence-corrected chi connectivity index (χ1v) is 12.2. The first-order valence-electron chi connectivity index (χ1n) is 11.5. The quantitative estimate of drug-likeness (QED) is 0.388. The van der Waals surface area contributed by atoms with Crippen LogP contribution in [-0.2, 0) is 4.74 Å². The number of aromatic nitrogens is 5. The molecule has 3 aromatic heterocycles. The second-order valence-electron chi connectivity index (χ2n) is 9.70. The van der Waals surface area contributed by atoms with E-state index in [1.54, 1.807) is 39.9 Å². The molecule has 5 rings (SSSR count). The molecule has 1 aliphatic heterocycles. The number of nitrogens with zero attached hydrogens (tertiary/aromatic N) is 5. The van der Waals surface area contributed by atoms with Gasteiger partial charge in [-0.05, 0) is 51.8 Å². The zero-order valence-corrected chi connectivity index (χ0v) is 21.4. The standard InChI is InChI=1S/C24H24Cl2N6O4/c1-24(2,3)35-23(34)31-6-4-13(5-7-31)18-11-19(33)28-21-17(12-27-32(18)21)22-29-20(30-36-22)14-8-15(25)10-16(26)9-14/h8-13H,4-7H2,1-3H3,(H,28,33). The van der Waals surface area contributed by atoms with Crippen LogP contribution in [0.2, 0.25) is 10.0 Å². The number of halogens is 2. The first-order chi connectivity index (χ1) is 17.1. The van der Waals surface area contributed by atoms with E-state index in [4.69, 9.17) is 32.5 Å². The van der Waals surface area contributed by atoms with Crippen LogP contribution in [0.3, 0.4) is 0 Å². The van der Waals surface area contributed by atoms with E-state index < -0.39 is 5.60 Å². The second kappa shape index (κ2) is 9.25. The third kappa shape index (κ3) is 4.96. The van der Waals surface area contributed by atoms with Gasteiger partial charge in [-0.15, -0.1) is 0 Å². The van der Waals surface area contributed by atoms with Crippen molar-refractivity contribution in [3.8, 4) is 22.8 Å². The molecule has 0 atom stereocenters. The van der Waals surface area contributed by atoms with Gasteiger partial charge in [-0.25, -0.2) is 9.31 Å². The maximum Gasteiger partial charge on any atom is 0.410 e. The van der Waals surface area contributed by atoms with Crippen LogP contribution in [-0.4, -0.2) is 54.4 Å². The second-order valence-corrected chi connectivity index (χ2v) is 10.6. The summed E-state index contributed by atoms with van der Waals surface area (Å²) in [5.41, 5.74) is 1.48. The van der Waals surface area contributed by atoms with Gasteiger partial charge in [0, 0.05) is 40.7 Å². The summed E-state index contributed by atoms with van der Waals surface area (Å²) in [6.45, 7) is 6.58. The summed E-state index contributed by atoms with van der Waals surface area (Å²) >= 11 is 12.2. The fourth-order valence-electron chi connectivity index (χ4n) is 4.28. The minimum atomic E-state index is -0.550. The number of aromatic amines is 1. The van der Waals surface area contributed by atoms with Crippen LogP contribution in [0.1, 0.15) is 45.2 Å². The molecule has 4 aromatic rings. The van der Waals surface area contributed by atoms with Gasteiger partial charge in [0.2, 0.25) is 5.82 Å². The molecule has 0 aliphatic carbocycles. The molecule has 188 valence electrons.